The van der Waals surface area contributed by atoms with E-state index in [-0.39, 0.29) is 5.91 Å². The Morgan fingerprint density at radius 1 is 1.04 bits per heavy atom. The lowest BCUT2D eigenvalue weighted by Gasteiger charge is -2.26. The monoisotopic (exact) mass is 323 g/mol. The second-order valence-corrected chi connectivity index (χ2v) is 7.45. The van der Waals surface area contributed by atoms with E-state index in [1.807, 2.05) is 35.2 Å². The van der Waals surface area contributed by atoms with E-state index >= 15 is 0 Å². The van der Waals surface area contributed by atoms with Crippen molar-refractivity contribution in [3.63, 3.8) is 0 Å². The molecule has 2 fully saturated rings. The van der Waals surface area contributed by atoms with Gasteiger partial charge < -0.3 is 9.32 Å². The average Bonchev–Trinajstić information content (AvgIpc) is 3.33. The number of carbonyl (C=O) groups is 1. The average molecular weight is 323 g/mol. The summed E-state index contributed by atoms with van der Waals surface area (Å²) in [5, 5.41) is 0. The summed E-state index contributed by atoms with van der Waals surface area (Å²) in [5.74, 6) is 3.41. The molecule has 0 spiro atoms. The van der Waals surface area contributed by atoms with Gasteiger partial charge in [-0.25, -0.2) is 0 Å². The summed E-state index contributed by atoms with van der Waals surface area (Å²) in [6.45, 7) is 1.21. The number of amides is 1. The maximum absolute atomic E-state index is 13.0. The highest BCUT2D eigenvalue weighted by Crippen LogP contribution is 2.49. The number of hydrogen-bond donors (Lipinski definition) is 0. The summed E-state index contributed by atoms with van der Waals surface area (Å²) in [7, 11) is 0. The van der Waals surface area contributed by atoms with Gasteiger partial charge in [0, 0.05) is 13.0 Å². The third kappa shape index (κ3) is 3.40. The molecule has 1 aromatic heterocycles. The molecular weight excluding hydrogens is 298 g/mol. The highest BCUT2D eigenvalue weighted by Gasteiger charge is 2.40. The van der Waals surface area contributed by atoms with Crippen molar-refractivity contribution in [3.8, 4) is 0 Å². The minimum atomic E-state index is 0.271. The van der Waals surface area contributed by atoms with Crippen molar-refractivity contribution in [2.75, 3.05) is 0 Å². The summed E-state index contributed by atoms with van der Waals surface area (Å²) in [5.41, 5.74) is 1.17. The summed E-state index contributed by atoms with van der Waals surface area (Å²) in [6, 6.07) is 14.1. The number of benzene rings is 1. The number of furan rings is 1. The van der Waals surface area contributed by atoms with E-state index in [4.69, 9.17) is 4.42 Å². The molecule has 1 aromatic carbocycles. The maximum Gasteiger partial charge on any atom is 0.223 e. The summed E-state index contributed by atoms with van der Waals surface area (Å²) < 4.78 is 5.48. The van der Waals surface area contributed by atoms with Crippen molar-refractivity contribution in [2.45, 2.75) is 45.2 Å². The Morgan fingerprint density at radius 3 is 2.58 bits per heavy atom. The van der Waals surface area contributed by atoms with Crippen LogP contribution in [0.2, 0.25) is 0 Å². The van der Waals surface area contributed by atoms with Crippen LogP contribution in [0, 0.1) is 17.8 Å². The van der Waals surface area contributed by atoms with Crippen LogP contribution in [-0.4, -0.2) is 10.8 Å². The summed E-state index contributed by atoms with van der Waals surface area (Å²) >= 11 is 0. The van der Waals surface area contributed by atoms with E-state index < -0.39 is 0 Å². The Morgan fingerprint density at radius 2 is 1.92 bits per heavy atom. The largest absolute Gasteiger partial charge is 0.467 e. The van der Waals surface area contributed by atoms with Gasteiger partial charge in [0.15, 0.2) is 0 Å². The van der Waals surface area contributed by atoms with Crippen molar-refractivity contribution < 1.29 is 9.21 Å². The topological polar surface area (TPSA) is 33.5 Å². The van der Waals surface area contributed by atoms with Gasteiger partial charge >= 0.3 is 0 Å². The fourth-order valence-electron chi connectivity index (χ4n) is 4.61. The molecule has 2 aromatic rings. The molecule has 0 N–H and O–H groups in total. The minimum Gasteiger partial charge on any atom is -0.467 e. The van der Waals surface area contributed by atoms with Crippen LogP contribution in [0.15, 0.2) is 53.1 Å². The van der Waals surface area contributed by atoms with E-state index in [0.717, 1.165) is 17.6 Å². The highest BCUT2D eigenvalue weighted by molar-refractivity contribution is 5.76. The van der Waals surface area contributed by atoms with Crippen LogP contribution in [0.25, 0.3) is 0 Å². The lowest BCUT2D eigenvalue weighted by Crippen LogP contribution is -2.32. The van der Waals surface area contributed by atoms with Crippen molar-refractivity contribution in [2.24, 2.45) is 17.8 Å². The smallest absolute Gasteiger partial charge is 0.223 e. The quantitative estimate of drug-likeness (QED) is 0.776. The number of fused-ring (bicyclic) bond motifs is 2. The van der Waals surface area contributed by atoms with E-state index in [1.165, 1.54) is 31.2 Å². The number of rotatable bonds is 6. The Bertz CT molecular complexity index is 664. The Kier molecular flexibility index (Phi) is 4.42. The number of carbonyl (C=O) groups excluding carboxylic acids is 1. The highest BCUT2D eigenvalue weighted by atomic mass is 16.3. The van der Waals surface area contributed by atoms with Crippen LogP contribution in [0.1, 0.15) is 43.4 Å². The maximum atomic E-state index is 13.0. The molecule has 2 saturated carbocycles. The van der Waals surface area contributed by atoms with E-state index in [9.17, 15) is 4.79 Å². The minimum absolute atomic E-state index is 0.271. The molecular formula is C21H25NO2. The molecule has 0 aliphatic heterocycles. The predicted molar refractivity (Wildman–Crippen MR) is 93.0 cm³/mol. The van der Waals surface area contributed by atoms with Gasteiger partial charge in [-0.3, -0.25) is 4.79 Å². The zero-order valence-corrected chi connectivity index (χ0v) is 14.1. The standard InChI is InChI=1S/C21H25NO2/c23-21(13-19-12-17-8-9-18(19)11-17)22(15-20-7-4-10-24-20)14-16-5-2-1-3-6-16/h1-7,10,17-19H,8-9,11-15H2. The molecule has 2 aliphatic rings. The Balaban J connectivity index is 1.45. The molecule has 3 atom stereocenters. The Labute approximate surface area is 143 Å². The fourth-order valence-corrected chi connectivity index (χ4v) is 4.61. The lowest BCUT2D eigenvalue weighted by atomic mass is 9.86. The molecule has 2 bridgehead atoms. The Hall–Kier alpha value is -2.03. The first kappa shape index (κ1) is 15.5. The van der Waals surface area contributed by atoms with E-state index in [0.29, 0.717) is 25.4 Å². The molecule has 1 amide bonds. The fraction of sp³-hybridized carbons (Fsp3) is 0.476. The third-order valence-electron chi connectivity index (χ3n) is 5.82. The van der Waals surface area contributed by atoms with Gasteiger partial charge in [0.25, 0.3) is 0 Å². The van der Waals surface area contributed by atoms with Gasteiger partial charge in [-0.15, -0.1) is 0 Å². The zero-order valence-electron chi connectivity index (χ0n) is 14.1. The first-order valence-corrected chi connectivity index (χ1v) is 9.12. The predicted octanol–water partition coefficient (Wildman–Crippen LogP) is 4.63. The molecule has 24 heavy (non-hydrogen) atoms. The van der Waals surface area contributed by atoms with Gasteiger partial charge in [-0.1, -0.05) is 36.8 Å². The van der Waals surface area contributed by atoms with Gasteiger partial charge in [0.1, 0.15) is 5.76 Å². The SMILES string of the molecule is O=C(CC1CC2CCC1C2)N(Cc1ccccc1)Cc1ccco1. The van der Waals surface area contributed by atoms with Crippen LogP contribution in [0.3, 0.4) is 0 Å². The summed E-state index contributed by atoms with van der Waals surface area (Å²) in [6.07, 6.45) is 7.71. The van der Waals surface area contributed by atoms with Gasteiger partial charge in [0.05, 0.1) is 12.8 Å². The van der Waals surface area contributed by atoms with Crippen LogP contribution in [0.4, 0.5) is 0 Å². The molecule has 2 aliphatic carbocycles. The lowest BCUT2D eigenvalue weighted by molar-refractivity contribution is -0.134. The second kappa shape index (κ2) is 6.84. The summed E-state index contributed by atoms with van der Waals surface area (Å²) in [4.78, 5) is 14.9. The van der Waals surface area contributed by atoms with Crippen LogP contribution >= 0.6 is 0 Å². The van der Waals surface area contributed by atoms with Crippen molar-refractivity contribution in [1.29, 1.82) is 0 Å². The van der Waals surface area contributed by atoms with Crippen molar-refractivity contribution >= 4 is 5.91 Å². The first-order chi connectivity index (χ1) is 11.8. The van der Waals surface area contributed by atoms with Crippen molar-refractivity contribution in [3.05, 3.63) is 60.1 Å². The molecule has 0 radical (unpaired) electrons. The number of hydrogen-bond acceptors (Lipinski definition) is 2. The van der Waals surface area contributed by atoms with E-state index in [1.54, 1.807) is 6.26 Å². The first-order valence-electron chi connectivity index (χ1n) is 9.12. The molecule has 4 rings (SSSR count). The molecule has 3 unspecified atom stereocenters. The van der Waals surface area contributed by atoms with Gasteiger partial charge in [-0.2, -0.15) is 0 Å². The van der Waals surface area contributed by atoms with Crippen LogP contribution in [0.5, 0.6) is 0 Å². The van der Waals surface area contributed by atoms with Gasteiger partial charge in [0.2, 0.25) is 5.91 Å². The second-order valence-electron chi connectivity index (χ2n) is 7.45. The van der Waals surface area contributed by atoms with E-state index in [2.05, 4.69) is 12.1 Å². The molecule has 3 nitrogen and oxygen atoms in total. The normalized spacial score (nSPS) is 25.1. The number of nitrogens with zero attached hydrogens (tertiary/aromatic N) is 1. The molecule has 3 heteroatoms. The van der Waals surface area contributed by atoms with Crippen molar-refractivity contribution in [1.82, 2.24) is 4.90 Å². The zero-order chi connectivity index (χ0) is 16.4. The third-order valence-corrected chi connectivity index (χ3v) is 5.82. The molecule has 1 heterocycles. The van der Waals surface area contributed by atoms with Gasteiger partial charge in [-0.05, 0) is 54.7 Å². The molecule has 126 valence electrons. The van der Waals surface area contributed by atoms with Crippen LogP contribution < -0.4 is 0 Å². The molecule has 0 saturated heterocycles. The van der Waals surface area contributed by atoms with Crippen LogP contribution in [-0.2, 0) is 17.9 Å².